The minimum Gasteiger partial charge on any atom is -0.376 e. The number of rotatable bonds is 7. The predicted octanol–water partition coefficient (Wildman–Crippen LogP) is 5.14. The third kappa shape index (κ3) is 4.22. The average Bonchev–Trinajstić information content (AvgIpc) is 2.41. The zero-order chi connectivity index (χ0) is 16.1. The van der Waals surface area contributed by atoms with E-state index < -0.39 is 11.8 Å². The van der Waals surface area contributed by atoms with Crippen LogP contribution in [-0.2, 0) is 18.4 Å². The highest BCUT2D eigenvalue weighted by Gasteiger charge is 2.52. The van der Waals surface area contributed by atoms with Crippen LogP contribution in [0.2, 0.25) is 0 Å². The molecule has 0 radical (unpaired) electrons. The topological polar surface area (TPSA) is 20.2 Å². The van der Waals surface area contributed by atoms with Gasteiger partial charge >= 0.3 is 6.18 Å². The van der Waals surface area contributed by atoms with Gasteiger partial charge in [0.1, 0.15) is 0 Å². The molecule has 0 fully saturated rings. The maximum Gasteiger partial charge on any atom is 0.421 e. The molecule has 1 aromatic carbocycles. The van der Waals surface area contributed by atoms with Gasteiger partial charge in [0, 0.05) is 0 Å². The third-order valence-corrected chi connectivity index (χ3v) is 3.93. The van der Waals surface area contributed by atoms with Crippen LogP contribution in [0.3, 0.4) is 0 Å². The van der Waals surface area contributed by atoms with Crippen LogP contribution in [0.15, 0.2) is 18.2 Å². The Hall–Kier alpha value is -1.03. The first kappa shape index (κ1) is 18.0. The van der Waals surface area contributed by atoms with Crippen LogP contribution >= 0.6 is 0 Å². The lowest BCUT2D eigenvalue weighted by molar-refractivity contribution is -0.259. The molecule has 0 aliphatic heterocycles. The van der Waals surface area contributed by atoms with E-state index in [4.69, 9.17) is 0 Å². The van der Waals surface area contributed by atoms with Gasteiger partial charge in [-0.3, -0.25) is 0 Å². The number of hydrogen-bond donors (Lipinski definition) is 1. The lowest BCUT2D eigenvalue weighted by Crippen LogP contribution is -2.40. The molecule has 1 atom stereocenters. The number of benzene rings is 1. The highest BCUT2D eigenvalue weighted by atomic mass is 19.4. The van der Waals surface area contributed by atoms with Gasteiger partial charge in [0.2, 0.25) is 0 Å². The van der Waals surface area contributed by atoms with Gasteiger partial charge in [0.05, 0.1) is 0 Å². The summed E-state index contributed by atoms with van der Waals surface area (Å²) in [5.41, 5.74) is -1.17. The quantitative estimate of drug-likeness (QED) is 0.739. The van der Waals surface area contributed by atoms with Crippen LogP contribution < -0.4 is 0 Å². The van der Waals surface area contributed by atoms with Gasteiger partial charge in [-0.1, -0.05) is 44.9 Å². The fraction of sp³-hybridized carbons (Fsp3) is 0.647. The zero-order valence-corrected chi connectivity index (χ0v) is 13.1. The summed E-state index contributed by atoms with van der Waals surface area (Å²) in [5.74, 6) is 0. The highest BCUT2D eigenvalue weighted by Crippen LogP contribution is 2.41. The number of hydrogen-bond acceptors (Lipinski definition) is 1. The highest BCUT2D eigenvalue weighted by molar-refractivity contribution is 5.40. The normalized spacial score (nSPS) is 15.0. The molecular formula is C17H25F3O. The number of aryl methyl sites for hydroxylation is 1. The van der Waals surface area contributed by atoms with Gasteiger partial charge in [-0.25, -0.2) is 0 Å². The van der Waals surface area contributed by atoms with Crippen molar-refractivity contribution < 1.29 is 18.3 Å². The summed E-state index contributed by atoms with van der Waals surface area (Å²) >= 11 is 0. The maximum absolute atomic E-state index is 13.2. The van der Waals surface area contributed by atoms with E-state index in [-0.39, 0.29) is 5.56 Å². The van der Waals surface area contributed by atoms with Crippen molar-refractivity contribution in [1.29, 1.82) is 0 Å². The van der Waals surface area contributed by atoms with Crippen molar-refractivity contribution in [2.45, 2.75) is 71.1 Å². The fourth-order valence-electron chi connectivity index (χ4n) is 2.49. The van der Waals surface area contributed by atoms with E-state index in [1.54, 1.807) is 6.07 Å². The summed E-state index contributed by atoms with van der Waals surface area (Å²) in [4.78, 5) is 0. The average molecular weight is 302 g/mol. The molecule has 4 heteroatoms. The molecule has 1 nitrogen and oxygen atoms in total. The Labute approximate surface area is 125 Å². The van der Waals surface area contributed by atoms with Crippen molar-refractivity contribution in [2.24, 2.45) is 0 Å². The number of aliphatic hydroxyl groups is 1. The minimum atomic E-state index is -4.67. The van der Waals surface area contributed by atoms with E-state index in [1.165, 1.54) is 6.07 Å². The van der Waals surface area contributed by atoms with Gasteiger partial charge in [-0.2, -0.15) is 13.2 Å². The first-order chi connectivity index (χ1) is 9.75. The summed E-state index contributed by atoms with van der Waals surface area (Å²) in [6, 6.07) is 4.92. The summed E-state index contributed by atoms with van der Waals surface area (Å²) in [7, 11) is 0. The first-order valence-electron chi connectivity index (χ1n) is 7.66. The molecule has 21 heavy (non-hydrogen) atoms. The van der Waals surface area contributed by atoms with Crippen molar-refractivity contribution >= 4 is 0 Å². The SMILES string of the molecule is CCCCc1cccc(C(C)(O)C(F)(F)F)c1CCCC. The van der Waals surface area contributed by atoms with E-state index in [1.807, 2.05) is 13.0 Å². The Morgan fingerprint density at radius 2 is 1.57 bits per heavy atom. The van der Waals surface area contributed by atoms with Crippen LogP contribution in [0, 0.1) is 0 Å². The van der Waals surface area contributed by atoms with Crippen molar-refractivity contribution in [1.82, 2.24) is 0 Å². The molecule has 0 saturated carbocycles. The molecule has 0 spiro atoms. The number of alkyl halides is 3. The molecule has 0 saturated heterocycles. The van der Waals surface area contributed by atoms with Crippen molar-refractivity contribution in [2.75, 3.05) is 0 Å². The van der Waals surface area contributed by atoms with E-state index in [9.17, 15) is 18.3 Å². The monoisotopic (exact) mass is 302 g/mol. The van der Waals surface area contributed by atoms with Gasteiger partial charge in [-0.05, 0) is 49.3 Å². The predicted molar refractivity (Wildman–Crippen MR) is 79.3 cm³/mol. The van der Waals surface area contributed by atoms with E-state index in [0.717, 1.165) is 44.6 Å². The second kappa shape index (κ2) is 7.30. The number of unbranched alkanes of at least 4 members (excludes halogenated alkanes) is 2. The van der Waals surface area contributed by atoms with E-state index in [2.05, 4.69) is 6.92 Å². The second-order valence-corrected chi connectivity index (χ2v) is 5.72. The van der Waals surface area contributed by atoms with Gasteiger partial charge < -0.3 is 5.11 Å². The molecule has 120 valence electrons. The van der Waals surface area contributed by atoms with Gasteiger partial charge in [-0.15, -0.1) is 0 Å². The van der Waals surface area contributed by atoms with Crippen LogP contribution in [0.1, 0.15) is 63.1 Å². The molecule has 0 amide bonds. The van der Waals surface area contributed by atoms with Crippen LogP contribution in [0.4, 0.5) is 13.2 Å². The third-order valence-electron chi connectivity index (χ3n) is 3.93. The fourth-order valence-corrected chi connectivity index (χ4v) is 2.49. The van der Waals surface area contributed by atoms with E-state index >= 15 is 0 Å². The Morgan fingerprint density at radius 1 is 1.00 bits per heavy atom. The first-order valence-corrected chi connectivity index (χ1v) is 7.66. The summed E-state index contributed by atoms with van der Waals surface area (Å²) in [6.07, 6.45) is 0.344. The molecule has 0 bridgehead atoms. The standard InChI is InChI=1S/C17H25F3O/c1-4-6-9-13-10-8-12-15(14(13)11-7-5-2)16(3,21)17(18,19)20/h8,10,12,21H,4-7,9,11H2,1-3H3. The maximum atomic E-state index is 13.2. The molecule has 1 unspecified atom stereocenters. The smallest absolute Gasteiger partial charge is 0.376 e. The molecule has 0 aliphatic rings. The summed E-state index contributed by atoms with van der Waals surface area (Å²) in [5, 5.41) is 10.0. The summed E-state index contributed by atoms with van der Waals surface area (Å²) < 4.78 is 39.5. The van der Waals surface area contributed by atoms with Crippen LogP contribution in [0.5, 0.6) is 0 Å². The van der Waals surface area contributed by atoms with Crippen molar-refractivity contribution in [3.8, 4) is 0 Å². The largest absolute Gasteiger partial charge is 0.421 e. The van der Waals surface area contributed by atoms with E-state index in [0.29, 0.717) is 12.0 Å². The van der Waals surface area contributed by atoms with Crippen molar-refractivity contribution in [3.05, 3.63) is 34.9 Å². The molecule has 1 N–H and O–H groups in total. The minimum absolute atomic E-state index is 0.0112. The molecule has 1 rings (SSSR count). The molecule has 0 heterocycles. The Bertz CT molecular complexity index is 450. The lowest BCUT2D eigenvalue weighted by atomic mass is 9.85. The van der Waals surface area contributed by atoms with Gasteiger partial charge in [0.15, 0.2) is 5.60 Å². The molecule has 1 aromatic rings. The Kier molecular flexibility index (Phi) is 6.26. The lowest BCUT2D eigenvalue weighted by Gasteiger charge is -2.30. The van der Waals surface area contributed by atoms with Crippen LogP contribution in [0.25, 0.3) is 0 Å². The summed E-state index contributed by atoms with van der Waals surface area (Å²) in [6.45, 7) is 4.92. The van der Waals surface area contributed by atoms with Crippen LogP contribution in [-0.4, -0.2) is 11.3 Å². The van der Waals surface area contributed by atoms with Crippen molar-refractivity contribution in [3.63, 3.8) is 0 Å². The second-order valence-electron chi connectivity index (χ2n) is 5.72. The molecule has 0 aromatic heterocycles. The molecular weight excluding hydrogens is 277 g/mol. The number of halogens is 3. The Balaban J connectivity index is 3.29. The molecule has 0 aliphatic carbocycles. The Morgan fingerprint density at radius 3 is 2.10 bits per heavy atom. The van der Waals surface area contributed by atoms with Gasteiger partial charge in [0.25, 0.3) is 0 Å². The zero-order valence-electron chi connectivity index (χ0n) is 13.1.